The van der Waals surface area contributed by atoms with Crippen molar-refractivity contribution in [1.29, 1.82) is 5.26 Å². The standard InChI is InChI=1S/C16H12N4S/c17-10-13-6-4-5-7-14(13)11-21-16-18-12-20(19-16)15-8-2-1-3-9-15/h1-9,12H,11H2. The Morgan fingerprint density at radius 1 is 1.05 bits per heavy atom. The van der Waals surface area contributed by atoms with Gasteiger partial charge in [0, 0.05) is 5.75 Å². The molecule has 0 aliphatic carbocycles. The number of thioether (sulfide) groups is 1. The zero-order valence-electron chi connectivity index (χ0n) is 11.2. The van der Waals surface area contributed by atoms with Gasteiger partial charge in [-0.05, 0) is 23.8 Å². The van der Waals surface area contributed by atoms with Crippen molar-refractivity contribution in [1.82, 2.24) is 14.8 Å². The van der Waals surface area contributed by atoms with Gasteiger partial charge in [-0.25, -0.2) is 9.67 Å². The van der Waals surface area contributed by atoms with Crippen LogP contribution in [0.4, 0.5) is 0 Å². The summed E-state index contributed by atoms with van der Waals surface area (Å²) in [6.07, 6.45) is 1.70. The summed E-state index contributed by atoms with van der Waals surface area (Å²) in [5.41, 5.74) is 2.68. The second-order valence-corrected chi connectivity index (χ2v) is 5.31. The lowest BCUT2D eigenvalue weighted by Crippen LogP contribution is -1.94. The molecule has 0 saturated heterocycles. The number of hydrogen-bond donors (Lipinski definition) is 0. The van der Waals surface area contributed by atoms with Gasteiger partial charge in [0.15, 0.2) is 0 Å². The van der Waals surface area contributed by atoms with Crippen molar-refractivity contribution in [3.8, 4) is 11.8 Å². The highest BCUT2D eigenvalue weighted by Crippen LogP contribution is 2.21. The van der Waals surface area contributed by atoms with Gasteiger partial charge < -0.3 is 0 Å². The monoisotopic (exact) mass is 292 g/mol. The molecule has 5 heteroatoms. The molecule has 0 spiro atoms. The molecule has 4 nitrogen and oxygen atoms in total. The average Bonchev–Trinajstić information content (AvgIpc) is 3.03. The minimum absolute atomic E-state index is 0.683. The lowest BCUT2D eigenvalue weighted by Gasteiger charge is -2.01. The lowest BCUT2D eigenvalue weighted by molar-refractivity contribution is 0.834. The van der Waals surface area contributed by atoms with E-state index in [9.17, 15) is 0 Å². The van der Waals surface area contributed by atoms with Crippen molar-refractivity contribution >= 4 is 11.8 Å². The molecule has 0 amide bonds. The first kappa shape index (κ1) is 13.4. The van der Waals surface area contributed by atoms with Crippen LogP contribution in [0, 0.1) is 11.3 Å². The number of nitrogens with zero attached hydrogens (tertiary/aromatic N) is 4. The molecule has 0 radical (unpaired) electrons. The molecule has 0 aliphatic rings. The first-order chi connectivity index (χ1) is 10.4. The molecule has 0 saturated carbocycles. The molecular weight excluding hydrogens is 280 g/mol. The molecule has 102 valence electrons. The van der Waals surface area contributed by atoms with E-state index in [4.69, 9.17) is 5.26 Å². The van der Waals surface area contributed by atoms with Crippen LogP contribution in [0.2, 0.25) is 0 Å². The van der Waals surface area contributed by atoms with Gasteiger partial charge in [0.05, 0.1) is 17.3 Å². The number of nitriles is 1. The van der Waals surface area contributed by atoms with Gasteiger partial charge in [0.25, 0.3) is 0 Å². The van der Waals surface area contributed by atoms with Crippen molar-refractivity contribution in [3.63, 3.8) is 0 Å². The van der Waals surface area contributed by atoms with Gasteiger partial charge in [-0.2, -0.15) is 5.26 Å². The van der Waals surface area contributed by atoms with Gasteiger partial charge in [-0.1, -0.05) is 48.2 Å². The largest absolute Gasteiger partial charge is 0.220 e. The van der Waals surface area contributed by atoms with E-state index >= 15 is 0 Å². The number of para-hydroxylation sites is 1. The first-order valence-electron chi connectivity index (χ1n) is 6.45. The molecule has 3 rings (SSSR count). The highest BCUT2D eigenvalue weighted by molar-refractivity contribution is 7.98. The number of hydrogen-bond acceptors (Lipinski definition) is 4. The minimum Gasteiger partial charge on any atom is -0.220 e. The fourth-order valence-electron chi connectivity index (χ4n) is 1.92. The van der Waals surface area contributed by atoms with E-state index in [0.717, 1.165) is 11.3 Å². The topological polar surface area (TPSA) is 54.5 Å². The predicted octanol–water partition coefficient (Wildman–Crippen LogP) is 3.43. The van der Waals surface area contributed by atoms with Crippen LogP contribution < -0.4 is 0 Å². The maximum absolute atomic E-state index is 9.07. The van der Waals surface area contributed by atoms with Crippen molar-refractivity contribution in [2.75, 3.05) is 0 Å². The molecule has 1 aromatic heterocycles. The fraction of sp³-hybridized carbons (Fsp3) is 0.0625. The fourth-order valence-corrected chi connectivity index (χ4v) is 2.72. The van der Waals surface area contributed by atoms with Crippen molar-refractivity contribution in [2.45, 2.75) is 10.9 Å². The van der Waals surface area contributed by atoms with Crippen molar-refractivity contribution in [3.05, 3.63) is 72.1 Å². The molecule has 0 aliphatic heterocycles. The second kappa shape index (κ2) is 6.25. The summed E-state index contributed by atoms with van der Waals surface area (Å²) in [6.45, 7) is 0. The summed E-state index contributed by atoms with van der Waals surface area (Å²) in [6, 6.07) is 19.7. The molecule has 1 heterocycles. The molecule has 0 bridgehead atoms. The van der Waals surface area contributed by atoms with Gasteiger partial charge in [0.1, 0.15) is 6.33 Å². The van der Waals surface area contributed by atoms with E-state index in [1.165, 1.54) is 11.8 Å². The Bertz CT molecular complexity index is 774. The predicted molar refractivity (Wildman–Crippen MR) is 82.1 cm³/mol. The van der Waals surface area contributed by atoms with Gasteiger partial charge in [-0.3, -0.25) is 0 Å². The third-order valence-corrected chi connectivity index (χ3v) is 3.89. The Labute approximate surface area is 127 Å². The maximum atomic E-state index is 9.07. The van der Waals surface area contributed by atoms with Crippen LogP contribution in [0.5, 0.6) is 0 Å². The summed E-state index contributed by atoms with van der Waals surface area (Å²) in [5, 5.41) is 14.2. The van der Waals surface area contributed by atoms with E-state index in [2.05, 4.69) is 16.2 Å². The molecule has 0 atom stereocenters. The van der Waals surface area contributed by atoms with Crippen LogP contribution in [0.15, 0.2) is 66.1 Å². The van der Waals surface area contributed by atoms with E-state index in [-0.39, 0.29) is 0 Å². The molecule has 0 unspecified atom stereocenters. The Hall–Kier alpha value is -2.58. The third-order valence-electron chi connectivity index (χ3n) is 2.99. The summed E-state index contributed by atoms with van der Waals surface area (Å²) in [4.78, 5) is 4.30. The Balaban J connectivity index is 1.72. The van der Waals surface area contributed by atoms with E-state index in [0.29, 0.717) is 16.5 Å². The summed E-state index contributed by atoms with van der Waals surface area (Å²) in [5.74, 6) is 0.683. The van der Waals surface area contributed by atoms with Crippen molar-refractivity contribution < 1.29 is 0 Å². The Morgan fingerprint density at radius 3 is 2.62 bits per heavy atom. The normalized spacial score (nSPS) is 10.2. The van der Waals surface area contributed by atoms with Crippen LogP contribution in [-0.4, -0.2) is 14.8 Å². The van der Waals surface area contributed by atoms with Crippen molar-refractivity contribution in [2.24, 2.45) is 0 Å². The lowest BCUT2D eigenvalue weighted by atomic mass is 10.1. The highest BCUT2D eigenvalue weighted by Gasteiger charge is 2.06. The van der Waals surface area contributed by atoms with Gasteiger partial charge >= 0.3 is 0 Å². The molecular formula is C16H12N4S. The van der Waals surface area contributed by atoms with E-state index in [1.54, 1.807) is 11.0 Å². The molecule has 21 heavy (non-hydrogen) atoms. The Kier molecular flexibility index (Phi) is 3.99. The zero-order valence-corrected chi connectivity index (χ0v) is 12.0. The SMILES string of the molecule is N#Cc1ccccc1CSc1ncn(-c2ccccc2)n1. The number of aromatic nitrogens is 3. The average molecular weight is 292 g/mol. The third kappa shape index (κ3) is 3.12. The number of rotatable bonds is 4. The van der Waals surface area contributed by atoms with Crippen LogP contribution in [0.3, 0.4) is 0 Å². The van der Waals surface area contributed by atoms with E-state index in [1.807, 2.05) is 54.6 Å². The quantitative estimate of drug-likeness (QED) is 0.691. The first-order valence-corrected chi connectivity index (χ1v) is 7.43. The van der Waals surface area contributed by atoms with Crippen LogP contribution in [0.25, 0.3) is 5.69 Å². The van der Waals surface area contributed by atoms with Crippen LogP contribution >= 0.6 is 11.8 Å². The molecule has 2 aromatic carbocycles. The van der Waals surface area contributed by atoms with Gasteiger partial charge in [0.2, 0.25) is 5.16 Å². The molecule has 3 aromatic rings. The highest BCUT2D eigenvalue weighted by atomic mass is 32.2. The molecule has 0 fully saturated rings. The van der Waals surface area contributed by atoms with Crippen LogP contribution in [0.1, 0.15) is 11.1 Å². The summed E-state index contributed by atoms with van der Waals surface area (Å²) in [7, 11) is 0. The smallest absolute Gasteiger partial charge is 0.209 e. The summed E-state index contributed by atoms with van der Waals surface area (Å²) < 4.78 is 1.75. The van der Waals surface area contributed by atoms with Gasteiger partial charge in [-0.15, -0.1) is 5.10 Å². The molecule has 0 N–H and O–H groups in total. The maximum Gasteiger partial charge on any atom is 0.209 e. The second-order valence-electron chi connectivity index (χ2n) is 4.36. The van der Waals surface area contributed by atoms with Crippen LogP contribution in [-0.2, 0) is 5.75 Å². The number of benzene rings is 2. The minimum atomic E-state index is 0.683. The van der Waals surface area contributed by atoms with E-state index < -0.39 is 0 Å². The Morgan fingerprint density at radius 2 is 1.81 bits per heavy atom. The summed E-state index contributed by atoms with van der Waals surface area (Å²) >= 11 is 1.52. The zero-order chi connectivity index (χ0) is 14.5.